The lowest BCUT2D eigenvalue weighted by molar-refractivity contribution is 0.188. The van der Waals surface area contributed by atoms with Crippen LogP contribution in [0.2, 0.25) is 0 Å². The first-order valence-electron chi connectivity index (χ1n) is 9.52. The average Bonchev–Trinajstić information content (AvgIpc) is 3.13. The van der Waals surface area contributed by atoms with Crippen LogP contribution in [-0.4, -0.2) is 41.2 Å². The molecule has 4 nitrogen and oxygen atoms in total. The maximum absolute atomic E-state index is 12.6. The molecule has 0 bridgehead atoms. The highest BCUT2D eigenvalue weighted by molar-refractivity contribution is 7.80. The van der Waals surface area contributed by atoms with Crippen LogP contribution in [0.3, 0.4) is 0 Å². The molecule has 1 aromatic carbocycles. The van der Waals surface area contributed by atoms with Crippen molar-refractivity contribution in [3.05, 3.63) is 35.9 Å². The van der Waals surface area contributed by atoms with Crippen molar-refractivity contribution in [3.63, 3.8) is 0 Å². The number of benzene rings is 1. The first-order chi connectivity index (χ1) is 12.2. The molecular formula is C20H28N2O2S. The minimum absolute atomic E-state index is 0.0309. The number of rotatable bonds is 5. The number of urea groups is 1. The van der Waals surface area contributed by atoms with Crippen molar-refractivity contribution in [2.24, 2.45) is 0 Å². The molecule has 1 saturated carbocycles. The molecule has 2 aliphatic rings. The van der Waals surface area contributed by atoms with E-state index < -0.39 is 0 Å². The highest BCUT2D eigenvalue weighted by atomic mass is 32.1. The third-order valence-electron chi connectivity index (χ3n) is 5.20. The second-order valence-electron chi connectivity index (χ2n) is 7.04. The molecule has 25 heavy (non-hydrogen) atoms. The van der Waals surface area contributed by atoms with Crippen molar-refractivity contribution in [1.82, 2.24) is 10.2 Å². The topological polar surface area (TPSA) is 41.6 Å². The molecule has 0 radical (unpaired) electrons. The minimum Gasteiger partial charge on any atom is -0.485 e. The van der Waals surface area contributed by atoms with Gasteiger partial charge in [0.05, 0.1) is 6.61 Å². The number of thiocarbonyl (C=S) groups is 1. The average molecular weight is 361 g/mol. The van der Waals surface area contributed by atoms with E-state index in [4.69, 9.17) is 17.0 Å². The van der Waals surface area contributed by atoms with Crippen molar-refractivity contribution < 1.29 is 9.53 Å². The van der Waals surface area contributed by atoms with Crippen LogP contribution in [0.25, 0.3) is 0 Å². The molecule has 5 heteroatoms. The predicted molar refractivity (Wildman–Crippen MR) is 104 cm³/mol. The van der Waals surface area contributed by atoms with Crippen LogP contribution in [0, 0.1) is 0 Å². The zero-order valence-corrected chi connectivity index (χ0v) is 15.6. The molecule has 0 spiro atoms. The van der Waals surface area contributed by atoms with Gasteiger partial charge in [-0.1, -0.05) is 49.6 Å². The summed E-state index contributed by atoms with van der Waals surface area (Å²) < 4.78 is 5.81. The monoisotopic (exact) mass is 360 g/mol. The molecule has 2 fully saturated rings. The fraction of sp³-hybridized carbons (Fsp3) is 0.600. The number of likely N-dealkylation sites (tertiary alicyclic amines) is 1. The summed E-state index contributed by atoms with van der Waals surface area (Å²) in [6.45, 7) is 1.34. The Morgan fingerprint density at radius 3 is 2.64 bits per heavy atom. The van der Waals surface area contributed by atoms with Crippen LogP contribution in [0.15, 0.2) is 30.3 Å². The van der Waals surface area contributed by atoms with Gasteiger partial charge in [-0.3, -0.25) is 0 Å². The Morgan fingerprint density at radius 1 is 1.12 bits per heavy atom. The van der Waals surface area contributed by atoms with Gasteiger partial charge in [-0.05, 0) is 43.5 Å². The van der Waals surface area contributed by atoms with Gasteiger partial charge in [-0.2, -0.15) is 0 Å². The Bertz CT molecular complexity index is 572. The lowest BCUT2D eigenvalue weighted by Gasteiger charge is -2.29. The highest BCUT2D eigenvalue weighted by Crippen LogP contribution is 2.22. The number of hydrogen-bond acceptors (Lipinski definition) is 3. The van der Waals surface area contributed by atoms with Gasteiger partial charge in [0.2, 0.25) is 0 Å². The van der Waals surface area contributed by atoms with Gasteiger partial charge < -0.3 is 15.0 Å². The van der Waals surface area contributed by atoms with E-state index >= 15 is 0 Å². The third kappa shape index (κ3) is 5.18. The fourth-order valence-electron chi connectivity index (χ4n) is 3.77. The smallest absolute Gasteiger partial charge is 0.318 e. The molecule has 1 atom stereocenters. The third-order valence-corrected chi connectivity index (χ3v) is 5.59. The first-order valence-corrected chi connectivity index (χ1v) is 9.92. The predicted octanol–water partition coefficient (Wildman–Crippen LogP) is 4.08. The maximum atomic E-state index is 12.6. The van der Waals surface area contributed by atoms with E-state index in [0.29, 0.717) is 17.7 Å². The van der Waals surface area contributed by atoms with Crippen molar-refractivity contribution >= 4 is 23.3 Å². The quantitative estimate of drug-likeness (QED) is 0.805. The molecule has 136 valence electrons. The van der Waals surface area contributed by atoms with E-state index in [2.05, 4.69) is 17.4 Å². The van der Waals surface area contributed by atoms with Crippen LogP contribution in [0.5, 0.6) is 0 Å². The van der Waals surface area contributed by atoms with Crippen molar-refractivity contribution in [1.29, 1.82) is 0 Å². The summed E-state index contributed by atoms with van der Waals surface area (Å²) in [4.78, 5) is 14.5. The number of ether oxygens (including phenoxy) is 1. The summed E-state index contributed by atoms with van der Waals surface area (Å²) in [5.74, 6) is 0. The van der Waals surface area contributed by atoms with E-state index in [9.17, 15) is 4.79 Å². The van der Waals surface area contributed by atoms with E-state index in [1.165, 1.54) is 24.8 Å². The Hall–Kier alpha value is -1.62. The SMILES string of the molecule is O=C(NC1CCCCC1)N1CCC[C@H]1C(=S)OCCc1ccccc1. The van der Waals surface area contributed by atoms with E-state index in [1.807, 2.05) is 23.1 Å². The molecule has 1 aliphatic heterocycles. The highest BCUT2D eigenvalue weighted by Gasteiger charge is 2.33. The van der Waals surface area contributed by atoms with Crippen LogP contribution in [-0.2, 0) is 11.2 Å². The molecular weight excluding hydrogens is 332 g/mol. The van der Waals surface area contributed by atoms with Gasteiger partial charge in [0, 0.05) is 19.0 Å². The van der Waals surface area contributed by atoms with Gasteiger partial charge in [-0.25, -0.2) is 4.79 Å². The Kier molecular flexibility index (Phi) is 6.68. The van der Waals surface area contributed by atoms with Gasteiger partial charge >= 0.3 is 6.03 Å². The van der Waals surface area contributed by atoms with E-state index in [-0.39, 0.29) is 12.1 Å². The number of carbonyl (C=O) groups is 1. The molecule has 0 aromatic heterocycles. The molecule has 0 unspecified atom stereocenters. The van der Waals surface area contributed by atoms with Crippen molar-refractivity contribution in [2.45, 2.75) is 63.5 Å². The summed E-state index contributed by atoms with van der Waals surface area (Å²) in [5.41, 5.74) is 1.24. The number of carbonyl (C=O) groups excluding carboxylic acids is 1. The fourth-order valence-corrected chi connectivity index (χ4v) is 4.10. The zero-order valence-electron chi connectivity index (χ0n) is 14.8. The summed E-state index contributed by atoms with van der Waals surface area (Å²) in [6.07, 6.45) is 8.66. The summed E-state index contributed by atoms with van der Waals surface area (Å²) in [6, 6.07) is 10.5. The summed E-state index contributed by atoms with van der Waals surface area (Å²) in [5, 5.41) is 3.76. The number of nitrogens with zero attached hydrogens (tertiary/aromatic N) is 1. The molecule has 2 amide bonds. The van der Waals surface area contributed by atoms with Gasteiger partial charge in [-0.15, -0.1) is 0 Å². The van der Waals surface area contributed by atoms with Crippen LogP contribution in [0.1, 0.15) is 50.5 Å². The summed E-state index contributed by atoms with van der Waals surface area (Å²) >= 11 is 5.49. The zero-order chi connectivity index (χ0) is 17.5. The Morgan fingerprint density at radius 2 is 1.88 bits per heavy atom. The van der Waals surface area contributed by atoms with E-state index in [1.54, 1.807) is 0 Å². The van der Waals surface area contributed by atoms with Crippen molar-refractivity contribution in [2.75, 3.05) is 13.2 Å². The first kappa shape index (κ1) is 18.2. The second kappa shape index (κ2) is 9.18. The molecule has 1 heterocycles. The lowest BCUT2D eigenvalue weighted by atomic mass is 9.96. The second-order valence-corrected chi connectivity index (χ2v) is 7.44. The minimum atomic E-state index is -0.0608. The van der Waals surface area contributed by atoms with Crippen molar-refractivity contribution in [3.8, 4) is 0 Å². The molecule has 3 rings (SSSR count). The Balaban J connectivity index is 1.46. The van der Waals surface area contributed by atoms with Gasteiger partial charge in [0.1, 0.15) is 6.04 Å². The number of hydrogen-bond donors (Lipinski definition) is 1. The Labute approximate surface area is 155 Å². The van der Waals surface area contributed by atoms with Crippen LogP contribution >= 0.6 is 12.2 Å². The molecule has 1 saturated heterocycles. The number of nitrogens with one attached hydrogen (secondary N) is 1. The summed E-state index contributed by atoms with van der Waals surface area (Å²) in [7, 11) is 0. The van der Waals surface area contributed by atoms with Gasteiger partial charge in [0.15, 0.2) is 5.05 Å². The maximum Gasteiger partial charge on any atom is 0.318 e. The molecule has 1 N–H and O–H groups in total. The largest absolute Gasteiger partial charge is 0.485 e. The normalized spacial score (nSPS) is 21.1. The molecule has 1 aliphatic carbocycles. The van der Waals surface area contributed by atoms with Crippen LogP contribution in [0.4, 0.5) is 4.79 Å². The van der Waals surface area contributed by atoms with Gasteiger partial charge in [0.25, 0.3) is 0 Å². The number of amides is 2. The lowest BCUT2D eigenvalue weighted by Crippen LogP contribution is -2.49. The molecule has 1 aromatic rings. The van der Waals surface area contributed by atoms with E-state index in [0.717, 1.165) is 38.6 Å². The standard InChI is InChI=1S/C20H28N2O2S/c23-20(21-17-10-5-2-6-11-17)22-14-7-12-18(22)19(25)24-15-13-16-8-3-1-4-9-16/h1,3-4,8-9,17-18H,2,5-7,10-15H2,(H,21,23)/t18-/m0/s1. The van der Waals surface area contributed by atoms with Crippen LogP contribution < -0.4 is 5.32 Å².